The fourth-order valence-electron chi connectivity index (χ4n) is 8.57. The van der Waals surface area contributed by atoms with Crippen molar-refractivity contribution in [3.63, 3.8) is 0 Å². The topological polar surface area (TPSA) is 341 Å². The molecule has 13 atom stereocenters. The van der Waals surface area contributed by atoms with E-state index in [1.807, 2.05) is 0 Å². The van der Waals surface area contributed by atoms with E-state index in [1.54, 1.807) is 59.7 Å². The Hall–Kier alpha value is -4.99. The molecule has 418 valence electrons. The first kappa shape index (κ1) is 63.3. The second-order valence-electron chi connectivity index (χ2n) is 19.0. The Kier molecular flexibility index (Phi) is 25.1. The molecule has 2 fully saturated rings. The summed E-state index contributed by atoms with van der Waals surface area (Å²) in [6.07, 6.45) is -3.35. The van der Waals surface area contributed by atoms with Crippen LogP contribution in [0, 0.1) is 17.8 Å². The van der Waals surface area contributed by atoms with Crippen molar-refractivity contribution < 1.29 is 74.8 Å². The first-order valence-electron chi connectivity index (χ1n) is 24.9. The number of piperidine rings is 1. The van der Waals surface area contributed by atoms with Gasteiger partial charge in [0.2, 0.25) is 35.4 Å². The van der Waals surface area contributed by atoms with Gasteiger partial charge in [-0.1, -0.05) is 66.9 Å². The maximum absolute atomic E-state index is 15.0. The monoisotopic (exact) mass is 1130 g/mol. The highest BCUT2D eigenvalue weighted by molar-refractivity contribution is 9.10. The number of cyclic esters (lactones) is 1. The summed E-state index contributed by atoms with van der Waals surface area (Å²) < 4.78 is 53.0. The summed E-state index contributed by atoms with van der Waals surface area (Å²) in [6, 6.07) is -5.06. The van der Waals surface area contributed by atoms with Crippen LogP contribution in [-0.4, -0.2) is 170 Å². The lowest BCUT2D eigenvalue weighted by Crippen LogP contribution is -2.66. The van der Waals surface area contributed by atoms with Crippen LogP contribution in [0.1, 0.15) is 105 Å². The highest BCUT2D eigenvalue weighted by Crippen LogP contribution is 2.30. The minimum atomic E-state index is -5.00. The van der Waals surface area contributed by atoms with Crippen molar-refractivity contribution in [1.29, 1.82) is 0 Å². The SMILES string of the molecule is CC[C@@H](C)[C@H]1C(=O)N(C)[C@@H](Cc2ccc(OC)c(Br)c2)C(=O)N[C@@H]([C@@H](C)CC)C(=O)O[C@@H](C)[C@H](NC(=O)C(NC(=O)[C@@H](COS(=O)(=O)O)OC)[C@@H](C)CC)C(=O)N[C@@H](CCCCN)C(=O)N[C@H]2CC[C@@H](O)N1C2=O. The van der Waals surface area contributed by atoms with Crippen LogP contribution in [0.15, 0.2) is 22.7 Å². The van der Waals surface area contributed by atoms with E-state index in [1.165, 1.54) is 26.0 Å². The summed E-state index contributed by atoms with van der Waals surface area (Å²) >= 11 is 3.48. The number of carbonyl (C=O) groups excluding carboxylic acids is 8. The number of fused-ring (bicyclic) bond motifs is 2. The number of aliphatic hydroxyl groups excluding tert-OH is 1. The smallest absolute Gasteiger partial charge is 0.397 e. The number of benzene rings is 1. The number of unbranched alkanes of at least 4 members (excludes halogenated alkanes) is 1. The minimum absolute atomic E-state index is 0.0283. The number of hydrogen-bond acceptors (Lipinski definition) is 16. The molecule has 2 saturated heterocycles. The number of nitrogens with one attached hydrogen (secondary N) is 5. The number of amides is 7. The molecule has 1 aromatic carbocycles. The Morgan fingerprint density at radius 1 is 0.919 bits per heavy atom. The number of rotatable bonds is 21. The number of nitrogens with two attached hydrogens (primary N) is 1. The molecule has 0 aromatic heterocycles. The lowest BCUT2D eigenvalue weighted by Gasteiger charge is -2.44. The number of methoxy groups -OCH3 is 2. The summed E-state index contributed by atoms with van der Waals surface area (Å²) in [7, 11) is -1.08. The molecule has 0 spiro atoms. The third-order valence-corrected chi connectivity index (χ3v) is 14.9. The van der Waals surface area contributed by atoms with Crippen LogP contribution in [-0.2, 0) is 68.8 Å². The zero-order valence-corrected chi connectivity index (χ0v) is 46.3. The fourth-order valence-corrected chi connectivity index (χ4v) is 9.46. The highest BCUT2D eigenvalue weighted by Gasteiger charge is 2.47. The fraction of sp³-hybridized carbons (Fsp3) is 0.708. The van der Waals surface area contributed by atoms with Crippen LogP contribution >= 0.6 is 15.9 Å². The summed E-state index contributed by atoms with van der Waals surface area (Å²) in [5, 5.41) is 24.7. The number of hydrogen-bond donors (Lipinski definition) is 8. The number of carbonyl (C=O) groups is 8. The van der Waals surface area contributed by atoms with Crippen molar-refractivity contribution in [2.24, 2.45) is 23.5 Å². The van der Waals surface area contributed by atoms with Gasteiger partial charge < -0.3 is 61.4 Å². The molecule has 7 amide bonds. The molecule has 24 nitrogen and oxygen atoms in total. The van der Waals surface area contributed by atoms with Gasteiger partial charge in [0.05, 0.1) is 11.6 Å². The second kappa shape index (κ2) is 29.3. The molecule has 0 saturated carbocycles. The van der Waals surface area contributed by atoms with E-state index in [9.17, 15) is 47.1 Å². The van der Waals surface area contributed by atoms with Gasteiger partial charge in [0.15, 0.2) is 6.10 Å². The molecule has 1 unspecified atom stereocenters. The number of nitrogens with zero attached hydrogens (tertiary/aromatic N) is 2. The Morgan fingerprint density at radius 2 is 1.58 bits per heavy atom. The first-order chi connectivity index (χ1) is 34.8. The second-order valence-corrected chi connectivity index (χ2v) is 20.9. The van der Waals surface area contributed by atoms with Gasteiger partial charge in [-0.2, -0.15) is 8.42 Å². The molecule has 0 radical (unpaired) electrons. The van der Waals surface area contributed by atoms with Crippen LogP contribution in [0.3, 0.4) is 0 Å². The van der Waals surface area contributed by atoms with Gasteiger partial charge in [0.25, 0.3) is 5.91 Å². The highest BCUT2D eigenvalue weighted by atomic mass is 79.9. The quantitative estimate of drug-likeness (QED) is 0.0475. The molecular weight excluding hydrogens is 1060 g/mol. The van der Waals surface area contributed by atoms with E-state index in [-0.39, 0.29) is 38.6 Å². The normalized spacial score (nSPS) is 25.9. The maximum Gasteiger partial charge on any atom is 0.397 e. The van der Waals surface area contributed by atoms with Crippen LogP contribution < -0.4 is 37.1 Å². The van der Waals surface area contributed by atoms with Gasteiger partial charge >= 0.3 is 16.4 Å². The van der Waals surface area contributed by atoms with Crippen molar-refractivity contribution in [2.75, 3.05) is 34.4 Å². The third-order valence-electron chi connectivity index (χ3n) is 13.8. The van der Waals surface area contributed by atoms with Crippen LogP contribution in [0.4, 0.5) is 0 Å². The van der Waals surface area contributed by atoms with Crippen LogP contribution in [0.2, 0.25) is 0 Å². The lowest BCUT2D eigenvalue weighted by molar-refractivity contribution is -0.168. The standard InChI is InChI=1S/C48H77BrN8O16S/c1-11-25(4)37(53-43(61)35(71-10)24-72-74(67,68)69)44(62)55-39-28(7)73-48(66)38(26(5)12-2)54-42(60)33(23-29-17-19-34(70-9)30(49)22-29)56(8)47(65)40(27(6)13-3)57-36(58)20-18-32(46(57)64)52-41(59)31(51-45(39)63)16-14-15-21-50/h17,19,22,25-28,31-33,35-40,58H,11-16,18,20-21,23-24,50H2,1-10H3,(H,51,63)(H,52,59)(H,53,61)(H,54,60)(H,55,62)(H,67,68,69)/t25-,26-,27+,28-,31-,32-,33-,35+,36+,37?,38-,39-,40-/m0/s1. The van der Waals surface area contributed by atoms with E-state index < -0.39 is 143 Å². The molecule has 0 aliphatic carbocycles. The maximum atomic E-state index is 15.0. The number of esters is 1. The zero-order chi connectivity index (χ0) is 55.8. The molecular formula is C48H77BrN8O16S. The van der Waals surface area contributed by atoms with Crippen molar-refractivity contribution >= 4 is 73.6 Å². The molecule has 26 heteroatoms. The van der Waals surface area contributed by atoms with Gasteiger partial charge in [-0.05, 0) is 97.0 Å². The summed E-state index contributed by atoms with van der Waals surface area (Å²) in [4.78, 5) is 118. The molecule has 2 aliphatic rings. The molecule has 2 bridgehead atoms. The van der Waals surface area contributed by atoms with E-state index >= 15 is 4.79 Å². The van der Waals surface area contributed by atoms with E-state index in [0.717, 1.165) is 12.0 Å². The van der Waals surface area contributed by atoms with Crippen LogP contribution in [0.5, 0.6) is 5.75 Å². The first-order valence-corrected chi connectivity index (χ1v) is 27.1. The summed E-state index contributed by atoms with van der Waals surface area (Å²) in [5.74, 6) is -8.66. The average molecular weight is 1130 g/mol. The number of halogens is 1. The predicted octanol–water partition coefficient (Wildman–Crippen LogP) is 0.608. The minimum Gasteiger partial charge on any atom is -0.496 e. The molecule has 3 rings (SSSR count). The zero-order valence-electron chi connectivity index (χ0n) is 43.9. The van der Waals surface area contributed by atoms with Crippen LogP contribution in [0.25, 0.3) is 0 Å². The predicted molar refractivity (Wildman–Crippen MR) is 272 cm³/mol. The number of aliphatic hydroxyl groups is 1. The molecule has 2 heterocycles. The molecule has 9 N–H and O–H groups in total. The number of likely N-dealkylation sites (N-methyl/N-ethyl adjacent to an activating group) is 1. The Morgan fingerprint density at radius 3 is 2.15 bits per heavy atom. The Balaban J connectivity index is 2.28. The largest absolute Gasteiger partial charge is 0.496 e. The van der Waals surface area contributed by atoms with Gasteiger partial charge in [0.1, 0.15) is 67.0 Å². The lowest BCUT2D eigenvalue weighted by atomic mass is 9.91. The summed E-state index contributed by atoms with van der Waals surface area (Å²) in [5.41, 5.74) is 6.35. The third kappa shape index (κ3) is 17.3. The molecule has 1 aromatic rings. The van der Waals surface area contributed by atoms with Gasteiger partial charge in [-0.25, -0.2) is 8.98 Å². The Labute approximate surface area is 442 Å². The van der Waals surface area contributed by atoms with Gasteiger partial charge in [-0.3, -0.25) is 38.1 Å². The van der Waals surface area contributed by atoms with Gasteiger partial charge in [0, 0.05) is 20.6 Å². The Bertz CT molecular complexity index is 2240. The average Bonchev–Trinajstić information content (AvgIpc) is 3.35. The van der Waals surface area contributed by atoms with E-state index in [4.69, 9.17) is 24.5 Å². The van der Waals surface area contributed by atoms with Crippen molar-refractivity contribution in [2.45, 2.75) is 167 Å². The number of ether oxygens (including phenoxy) is 3. The molecule has 2 aliphatic heterocycles. The van der Waals surface area contributed by atoms with E-state index in [2.05, 4.69) is 46.7 Å². The van der Waals surface area contributed by atoms with Crippen molar-refractivity contribution in [3.8, 4) is 5.75 Å². The van der Waals surface area contributed by atoms with Crippen molar-refractivity contribution in [3.05, 3.63) is 28.2 Å². The van der Waals surface area contributed by atoms with E-state index in [0.29, 0.717) is 41.5 Å². The molecule has 74 heavy (non-hydrogen) atoms. The van der Waals surface area contributed by atoms with Gasteiger partial charge in [-0.15, -0.1) is 0 Å². The van der Waals surface area contributed by atoms with Crippen molar-refractivity contribution in [1.82, 2.24) is 36.4 Å². The summed E-state index contributed by atoms with van der Waals surface area (Å²) in [6.45, 7) is 10.8.